The van der Waals surface area contributed by atoms with Crippen LogP contribution in [0.3, 0.4) is 0 Å². The van der Waals surface area contributed by atoms with E-state index in [0.717, 1.165) is 34.1 Å². The van der Waals surface area contributed by atoms with Crippen molar-refractivity contribution in [3.8, 4) is 22.3 Å². The summed E-state index contributed by atoms with van der Waals surface area (Å²) in [5.41, 5.74) is 17.1. The first kappa shape index (κ1) is 45.4. The van der Waals surface area contributed by atoms with E-state index < -0.39 is 0 Å². The van der Waals surface area contributed by atoms with Gasteiger partial charge in [-0.05, 0) is 173 Å². The Balaban J connectivity index is 1.15. The Morgan fingerprint density at radius 1 is 0.257 bits per heavy atom. The van der Waals surface area contributed by atoms with Gasteiger partial charge in [-0.1, -0.05) is 210 Å². The summed E-state index contributed by atoms with van der Waals surface area (Å²) in [6.45, 7) is 18.0. The lowest BCUT2D eigenvalue weighted by atomic mass is 9.87. The van der Waals surface area contributed by atoms with Gasteiger partial charge < -0.3 is 9.80 Å². The number of fused-ring (bicyclic) bond motifs is 6. The van der Waals surface area contributed by atoms with E-state index in [-0.39, 0.29) is 10.8 Å². The molecule has 0 amide bonds. The van der Waals surface area contributed by atoms with Crippen LogP contribution in [0.1, 0.15) is 63.8 Å². The lowest BCUT2D eigenvalue weighted by Crippen LogP contribution is -2.13. The second-order valence-corrected chi connectivity index (χ2v) is 22.6. The third-order valence-corrected chi connectivity index (χ3v) is 15.8. The molecule has 0 saturated heterocycles. The number of nitrogens with zero attached hydrogens (tertiary/aromatic N) is 2. The zero-order valence-electron chi connectivity index (χ0n) is 43.7. The maximum Gasteiger partial charge on any atom is 0.0540 e. The summed E-state index contributed by atoms with van der Waals surface area (Å²) < 4.78 is 0. The molecule has 0 N–H and O–H groups in total. The summed E-state index contributed by atoms with van der Waals surface area (Å²) in [5.74, 6) is 0. The average Bonchev–Trinajstić information content (AvgIpc) is 3.92. The van der Waals surface area contributed by atoms with Crippen LogP contribution in [-0.4, -0.2) is 0 Å². The lowest BCUT2D eigenvalue weighted by molar-refractivity contribution is 0.590. The minimum Gasteiger partial charge on any atom is -0.310 e. The molecular formula is C72H60N2. The van der Waals surface area contributed by atoms with E-state index >= 15 is 0 Å². The second-order valence-electron chi connectivity index (χ2n) is 22.6. The first-order valence-electron chi connectivity index (χ1n) is 26.3. The van der Waals surface area contributed by atoms with E-state index in [9.17, 15) is 0 Å². The molecule has 0 aliphatic rings. The Morgan fingerprint density at radius 3 is 0.878 bits per heavy atom. The number of benzene rings is 11. The van der Waals surface area contributed by atoms with Crippen molar-refractivity contribution in [3.05, 3.63) is 241 Å². The van der Waals surface area contributed by atoms with E-state index in [1.54, 1.807) is 0 Å². The predicted octanol–water partition coefficient (Wildman–Crippen LogP) is 21.0. The molecule has 0 fully saturated rings. The van der Waals surface area contributed by atoms with E-state index in [1.165, 1.54) is 109 Å². The number of anilines is 6. The van der Waals surface area contributed by atoms with Gasteiger partial charge in [-0.15, -0.1) is 0 Å². The van der Waals surface area contributed by atoms with Crippen molar-refractivity contribution in [3.63, 3.8) is 0 Å². The first-order valence-corrected chi connectivity index (χ1v) is 26.3. The Hall–Kier alpha value is -8.46. The molecule has 0 heterocycles. The largest absolute Gasteiger partial charge is 0.310 e. The summed E-state index contributed by atoms with van der Waals surface area (Å²) in [7, 11) is 0. The SMILES string of the molecule is Cc1ccc(N(c2ccc(C(C)(C)C)cc2)c2ccc3c4c(-c5ccccc5)c5c6ccc(N(c7ccc(C)cc7)c7ccc(C(C)(C)C)cc7)c7cccc(c5c(-c5ccccc5)c4c4cccc2c43)c76)cc1. The third-order valence-electron chi connectivity index (χ3n) is 15.8. The molecule has 2 nitrogen and oxygen atoms in total. The molecular weight excluding hydrogens is 893 g/mol. The van der Waals surface area contributed by atoms with Gasteiger partial charge in [0.2, 0.25) is 0 Å². The molecule has 0 aliphatic carbocycles. The maximum atomic E-state index is 2.46. The molecule has 358 valence electrons. The highest BCUT2D eigenvalue weighted by Gasteiger charge is 2.30. The highest BCUT2D eigenvalue weighted by atomic mass is 15.1. The van der Waals surface area contributed by atoms with E-state index in [4.69, 9.17) is 0 Å². The standard InChI is InChI=1S/C72H60N2/c1-45-25-33-51(34-26-45)73(53-37-29-49(30-38-53)71(3,4)5)61-43-41-59-65-55(61)21-15-23-57(65)67-63(47-17-11-9-12-18-47)68-58-24-16-22-56-62(44-42-60(66(56)58)70(68)64(69(59)67)48-19-13-10-14-20-48)74(52-35-27-46(2)28-36-52)54-39-31-50(32-40-54)72(6,7)8/h9-44H,1-8H3. The van der Waals surface area contributed by atoms with Gasteiger partial charge in [-0.3, -0.25) is 0 Å². The first-order chi connectivity index (χ1) is 35.8. The molecule has 0 spiro atoms. The summed E-state index contributed by atoms with van der Waals surface area (Å²) in [5, 5.41) is 15.3. The van der Waals surface area contributed by atoms with Gasteiger partial charge in [0.15, 0.2) is 0 Å². The van der Waals surface area contributed by atoms with Gasteiger partial charge in [-0.25, -0.2) is 0 Å². The fourth-order valence-electron chi connectivity index (χ4n) is 12.1. The summed E-state index contributed by atoms with van der Waals surface area (Å²) in [6, 6.07) is 82.5. The van der Waals surface area contributed by atoms with Crippen molar-refractivity contribution in [1.82, 2.24) is 0 Å². The van der Waals surface area contributed by atoms with Crippen molar-refractivity contribution >= 4 is 98.8 Å². The minimum atomic E-state index is 0.0449. The van der Waals surface area contributed by atoms with Gasteiger partial charge in [0.1, 0.15) is 0 Å². The highest BCUT2D eigenvalue weighted by Crippen LogP contribution is 2.57. The van der Waals surface area contributed by atoms with Crippen LogP contribution in [0.15, 0.2) is 218 Å². The number of rotatable bonds is 8. The van der Waals surface area contributed by atoms with Crippen LogP contribution >= 0.6 is 0 Å². The average molecular weight is 953 g/mol. The van der Waals surface area contributed by atoms with Gasteiger partial charge in [0.25, 0.3) is 0 Å². The van der Waals surface area contributed by atoms with Crippen LogP contribution in [0.5, 0.6) is 0 Å². The molecule has 13 rings (SSSR count). The zero-order chi connectivity index (χ0) is 50.6. The smallest absolute Gasteiger partial charge is 0.0540 e. The fourth-order valence-corrected chi connectivity index (χ4v) is 12.1. The summed E-state index contributed by atoms with van der Waals surface area (Å²) in [4.78, 5) is 4.92. The van der Waals surface area contributed by atoms with Crippen molar-refractivity contribution < 1.29 is 0 Å². The van der Waals surface area contributed by atoms with Crippen LogP contribution in [0, 0.1) is 13.8 Å². The Labute approximate surface area is 435 Å². The lowest BCUT2D eigenvalue weighted by Gasteiger charge is -2.28. The monoisotopic (exact) mass is 952 g/mol. The van der Waals surface area contributed by atoms with Crippen LogP contribution in [-0.2, 0) is 10.8 Å². The number of aryl methyl sites for hydroxylation is 2. The van der Waals surface area contributed by atoms with Gasteiger partial charge in [0, 0.05) is 33.5 Å². The van der Waals surface area contributed by atoms with Gasteiger partial charge in [0.05, 0.1) is 11.4 Å². The zero-order valence-corrected chi connectivity index (χ0v) is 43.7. The molecule has 0 unspecified atom stereocenters. The van der Waals surface area contributed by atoms with Crippen LogP contribution in [0.4, 0.5) is 34.1 Å². The molecule has 13 aromatic carbocycles. The highest BCUT2D eigenvalue weighted by molar-refractivity contribution is 6.47. The Morgan fingerprint density at radius 2 is 0.554 bits per heavy atom. The quantitative estimate of drug-likeness (QED) is 0.150. The van der Waals surface area contributed by atoms with E-state index in [1.807, 2.05) is 0 Å². The maximum absolute atomic E-state index is 2.46. The van der Waals surface area contributed by atoms with Crippen molar-refractivity contribution in [2.24, 2.45) is 0 Å². The minimum absolute atomic E-state index is 0.0449. The fraction of sp³-hybridized carbons (Fsp3) is 0.139. The van der Waals surface area contributed by atoms with Crippen molar-refractivity contribution in [1.29, 1.82) is 0 Å². The molecule has 0 atom stereocenters. The second kappa shape index (κ2) is 17.1. The molecule has 13 aromatic rings. The van der Waals surface area contributed by atoms with Crippen LogP contribution in [0.25, 0.3) is 86.9 Å². The number of hydrogen-bond donors (Lipinski definition) is 0. The molecule has 0 aliphatic heterocycles. The van der Waals surface area contributed by atoms with Crippen molar-refractivity contribution in [2.45, 2.75) is 66.2 Å². The third kappa shape index (κ3) is 7.22. The molecule has 0 bridgehead atoms. The Bertz CT molecular complexity index is 3880. The Kier molecular flexibility index (Phi) is 10.5. The van der Waals surface area contributed by atoms with Gasteiger partial charge in [-0.2, -0.15) is 0 Å². The van der Waals surface area contributed by atoms with Crippen LogP contribution in [0.2, 0.25) is 0 Å². The molecule has 2 heteroatoms. The van der Waals surface area contributed by atoms with Crippen molar-refractivity contribution in [2.75, 3.05) is 9.80 Å². The molecule has 0 saturated carbocycles. The molecule has 0 radical (unpaired) electrons. The van der Waals surface area contributed by atoms with E-state index in [0.29, 0.717) is 0 Å². The predicted molar refractivity (Wildman–Crippen MR) is 321 cm³/mol. The topological polar surface area (TPSA) is 6.48 Å². The normalized spacial score (nSPS) is 12.3. The van der Waals surface area contributed by atoms with E-state index in [2.05, 4.69) is 284 Å². The van der Waals surface area contributed by atoms with Crippen LogP contribution < -0.4 is 9.80 Å². The summed E-state index contributed by atoms with van der Waals surface area (Å²) in [6.07, 6.45) is 0. The summed E-state index contributed by atoms with van der Waals surface area (Å²) >= 11 is 0. The molecule has 0 aromatic heterocycles. The van der Waals surface area contributed by atoms with Gasteiger partial charge >= 0.3 is 0 Å². The molecule has 74 heavy (non-hydrogen) atoms. The number of hydrogen-bond acceptors (Lipinski definition) is 2.